The number of fused-ring (bicyclic) bond motifs is 1. The van der Waals surface area contributed by atoms with E-state index < -0.39 is 31.2 Å². The van der Waals surface area contributed by atoms with Crippen molar-refractivity contribution in [3.05, 3.63) is 12.2 Å². The Labute approximate surface area is 153 Å². The summed E-state index contributed by atoms with van der Waals surface area (Å²) in [6.45, 7) is 19.2. The topological polar surface area (TPSA) is 52.6 Å². The van der Waals surface area contributed by atoms with Gasteiger partial charge >= 0.3 is 5.97 Å². The molecule has 1 aliphatic heterocycles. The van der Waals surface area contributed by atoms with Crippen LogP contribution in [0.1, 0.15) is 47.0 Å². The quantitative estimate of drug-likeness (QED) is 0.321. The van der Waals surface area contributed by atoms with Gasteiger partial charge in [0.1, 0.15) is 0 Å². The molecule has 0 spiro atoms. The molecule has 2 atom stereocenters. The number of rotatable bonds is 4. The molecular formula is C20H34O4Si. The number of carbonyl (C=O) groups excluding carboxylic acids is 2. The summed E-state index contributed by atoms with van der Waals surface area (Å²) in [7, 11) is -1.32. The number of ether oxygens (including phenoxy) is 2. The maximum atomic E-state index is 13.2. The van der Waals surface area contributed by atoms with Gasteiger partial charge in [0.25, 0.3) is 0 Å². The van der Waals surface area contributed by atoms with Crippen molar-refractivity contribution in [2.24, 2.45) is 10.8 Å². The van der Waals surface area contributed by atoms with Gasteiger partial charge in [-0.1, -0.05) is 40.1 Å². The lowest BCUT2D eigenvalue weighted by atomic mass is 9.55. The highest BCUT2D eigenvalue weighted by Crippen LogP contribution is 2.56. The lowest BCUT2D eigenvalue weighted by molar-refractivity contribution is -0.200. The van der Waals surface area contributed by atoms with Crippen molar-refractivity contribution < 1.29 is 19.1 Å². The Bertz CT molecular complexity index is 585. The normalized spacial score (nSPS) is 31.4. The summed E-state index contributed by atoms with van der Waals surface area (Å²) in [5, 5.41) is 0. The van der Waals surface area contributed by atoms with Crippen molar-refractivity contribution >= 4 is 19.8 Å². The molecule has 0 amide bonds. The van der Waals surface area contributed by atoms with Crippen molar-refractivity contribution in [3.63, 3.8) is 0 Å². The summed E-state index contributed by atoms with van der Waals surface area (Å²) < 4.78 is 11.9. The first-order valence-corrected chi connectivity index (χ1v) is 13.0. The third-order valence-electron chi connectivity index (χ3n) is 5.70. The Kier molecular flexibility index (Phi) is 5.17. The van der Waals surface area contributed by atoms with Crippen LogP contribution in [0.3, 0.4) is 0 Å². The number of esters is 1. The van der Waals surface area contributed by atoms with Gasteiger partial charge in [0.2, 0.25) is 0 Å². The van der Waals surface area contributed by atoms with E-state index >= 15 is 0 Å². The second-order valence-electron chi connectivity index (χ2n) is 10.1. The third kappa shape index (κ3) is 3.77. The van der Waals surface area contributed by atoms with Crippen LogP contribution < -0.4 is 0 Å². The molecule has 4 nitrogen and oxygen atoms in total. The standard InChI is InChI=1S/C20H34O4Si/c1-14-18(2,3)10-9-16-20(14,15(21)13-19(4,5)24-16)17(22)23-11-12-25(6,7)8/h16H,1,9-13H2,2-8H3/t16?,20-/m0/s1. The maximum absolute atomic E-state index is 13.2. The smallest absolute Gasteiger partial charge is 0.326 e. The van der Waals surface area contributed by atoms with Crippen molar-refractivity contribution in [2.45, 2.75) is 84.3 Å². The second kappa shape index (κ2) is 6.34. The van der Waals surface area contributed by atoms with Crippen LogP contribution in [0.25, 0.3) is 0 Å². The van der Waals surface area contributed by atoms with E-state index in [2.05, 4.69) is 40.1 Å². The predicted molar refractivity (Wildman–Crippen MR) is 102 cm³/mol. The van der Waals surface area contributed by atoms with Crippen molar-refractivity contribution in [2.75, 3.05) is 6.61 Å². The molecule has 1 heterocycles. The number of hydrogen-bond donors (Lipinski definition) is 0. The van der Waals surface area contributed by atoms with E-state index in [1.54, 1.807) is 0 Å². The van der Waals surface area contributed by atoms with E-state index in [9.17, 15) is 9.59 Å². The molecule has 1 saturated heterocycles. The van der Waals surface area contributed by atoms with Gasteiger partial charge in [0.05, 0.1) is 18.3 Å². The highest BCUT2D eigenvalue weighted by Gasteiger charge is 2.64. The zero-order chi connectivity index (χ0) is 19.3. The molecule has 2 rings (SSSR count). The summed E-state index contributed by atoms with van der Waals surface area (Å²) in [5.41, 5.74) is -1.51. The molecule has 0 aromatic carbocycles. The summed E-state index contributed by atoms with van der Waals surface area (Å²) in [6, 6.07) is 0.885. The first-order valence-electron chi connectivity index (χ1n) is 9.31. The fourth-order valence-electron chi connectivity index (χ4n) is 3.97. The van der Waals surface area contributed by atoms with Crippen LogP contribution >= 0.6 is 0 Å². The van der Waals surface area contributed by atoms with Gasteiger partial charge < -0.3 is 9.47 Å². The number of Topliss-reactive ketones (excluding diaryl/α,β-unsaturated/α-hetero) is 1. The first-order chi connectivity index (χ1) is 11.2. The number of ketones is 1. The van der Waals surface area contributed by atoms with Crippen LogP contribution in [0.15, 0.2) is 12.2 Å². The highest BCUT2D eigenvalue weighted by atomic mass is 28.3. The Hall–Kier alpha value is -0.943. The van der Waals surface area contributed by atoms with Gasteiger partial charge in [-0.25, -0.2) is 0 Å². The van der Waals surface area contributed by atoms with Gasteiger partial charge in [-0.2, -0.15) is 0 Å². The average Bonchev–Trinajstić information content (AvgIpc) is 2.40. The lowest BCUT2D eigenvalue weighted by Crippen LogP contribution is -2.63. The van der Waals surface area contributed by atoms with E-state index in [-0.39, 0.29) is 17.6 Å². The minimum Gasteiger partial charge on any atom is -0.465 e. The molecule has 1 aliphatic carbocycles. The Balaban J connectivity index is 2.36. The Morgan fingerprint density at radius 1 is 1.28 bits per heavy atom. The lowest BCUT2D eigenvalue weighted by Gasteiger charge is -2.54. The van der Waals surface area contributed by atoms with E-state index in [0.717, 1.165) is 12.5 Å². The minimum absolute atomic E-state index is 0.0930. The molecule has 1 unspecified atom stereocenters. The molecule has 0 aromatic heterocycles. The fourth-order valence-corrected chi connectivity index (χ4v) is 4.68. The summed E-state index contributed by atoms with van der Waals surface area (Å²) >= 11 is 0. The van der Waals surface area contributed by atoms with Gasteiger partial charge in [-0.15, -0.1) is 0 Å². The van der Waals surface area contributed by atoms with Gasteiger partial charge in [-0.05, 0) is 43.7 Å². The third-order valence-corrected chi connectivity index (χ3v) is 7.41. The molecule has 0 bridgehead atoms. The zero-order valence-corrected chi connectivity index (χ0v) is 18.0. The van der Waals surface area contributed by atoms with Crippen LogP contribution in [0.5, 0.6) is 0 Å². The summed E-state index contributed by atoms with van der Waals surface area (Å²) in [6.07, 6.45) is 1.26. The average molecular weight is 367 g/mol. The zero-order valence-electron chi connectivity index (χ0n) is 17.0. The second-order valence-corrected chi connectivity index (χ2v) is 15.7. The van der Waals surface area contributed by atoms with Crippen LogP contribution in [0.4, 0.5) is 0 Å². The fraction of sp³-hybridized carbons (Fsp3) is 0.800. The molecule has 1 saturated carbocycles. The van der Waals surface area contributed by atoms with Crippen molar-refractivity contribution in [1.29, 1.82) is 0 Å². The van der Waals surface area contributed by atoms with Crippen molar-refractivity contribution in [1.82, 2.24) is 0 Å². The number of hydrogen-bond acceptors (Lipinski definition) is 4. The maximum Gasteiger partial charge on any atom is 0.326 e. The van der Waals surface area contributed by atoms with Crippen LogP contribution in [0.2, 0.25) is 25.7 Å². The van der Waals surface area contributed by atoms with E-state index in [0.29, 0.717) is 18.6 Å². The Morgan fingerprint density at radius 2 is 1.88 bits per heavy atom. The first kappa shape index (κ1) is 20.4. The summed E-state index contributed by atoms with van der Waals surface area (Å²) in [5.74, 6) is -0.543. The molecule has 0 aromatic rings. The highest BCUT2D eigenvalue weighted by molar-refractivity contribution is 6.76. The molecule has 142 valence electrons. The van der Waals surface area contributed by atoms with E-state index in [4.69, 9.17) is 9.47 Å². The number of carbonyl (C=O) groups is 2. The molecule has 2 aliphatic rings. The van der Waals surface area contributed by atoms with Crippen LogP contribution in [-0.2, 0) is 19.1 Å². The van der Waals surface area contributed by atoms with Crippen LogP contribution in [0, 0.1) is 10.8 Å². The monoisotopic (exact) mass is 366 g/mol. The molecule has 25 heavy (non-hydrogen) atoms. The molecule has 0 radical (unpaired) electrons. The van der Waals surface area contributed by atoms with Gasteiger partial charge in [-0.3, -0.25) is 9.59 Å². The molecular weight excluding hydrogens is 332 g/mol. The van der Waals surface area contributed by atoms with Crippen molar-refractivity contribution in [3.8, 4) is 0 Å². The molecule has 5 heteroatoms. The van der Waals surface area contributed by atoms with E-state index in [1.165, 1.54) is 0 Å². The SMILES string of the molecule is C=C1C(C)(C)CCC2OC(C)(C)CC(=O)[C@@]12C(=O)OCC[Si](C)(C)C. The molecule has 2 fully saturated rings. The predicted octanol–water partition coefficient (Wildman–Crippen LogP) is 4.37. The minimum atomic E-state index is -1.34. The van der Waals surface area contributed by atoms with Crippen LogP contribution in [-0.4, -0.2) is 38.1 Å². The molecule has 0 N–H and O–H groups in total. The van der Waals surface area contributed by atoms with E-state index in [1.807, 2.05) is 13.8 Å². The Morgan fingerprint density at radius 3 is 2.44 bits per heavy atom. The van der Waals surface area contributed by atoms with Gasteiger partial charge in [0.15, 0.2) is 11.2 Å². The largest absolute Gasteiger partial charge is 0.465 e. The van der Waals surface area contributed by atoms with Gasteiger partial charge in [0, 0.05) is 14.5 Å². The summed E-state index contributed by atoms with van der Waals surface area (Å²) in [4.78, 5) is 26.4.